The Morgan fingerprint density at radius 1 is 1.29 bits per heavy atom. The van der Waals surface area contributed by atoms with Crippen molar-refractivity contribution in [3.05, 3.63) is 47.1 Å². The van der Waals surface area contributed by atoms with Crippen molar-refractivity contribution in [2.24, 2.45) is 0 Å². The third-order valence-corrected chi connectivity index (χ3v) is 2.64. The molecule has 2 aromatic rings. The number of alkyl halides is 3. The largest absolute Gasteiger partial charge is 0.433 e. The number of fused-ring (bicyclic) bond motifs is 1. The van der Waals surface area contributed by atoms with Crippen molar-refractivity contribution >= 4 is 28.6 Å². The van der Waals surface area contributed by atoms with Crippen LogP contribution >= 0.6 is 11.6 Å². The molecule has 0 aliphatic rings. The molecule has 0 unspecified atom stereocenters. The van der Waals surface area contributed by atoms with E-state index in [0.717, 1.165) is 6.07 Å². The van der Waals surface area contributed by atoms with Crippen LogP contribution in [-0.4, -0.2) is 4.98 Å². The molecule has 0 bridgehead atoms. The van der Waals surface area contributed by atoms with E-state index in [1.54, 1.807) is 18.2 Å². The van der Waals surface area contributed by atoms with Gasteiger partial charge in [0.15, 0.2) is 0 Å². The number of halogens is 4. The molecule has 0 amide bonds. The first-order chi connectivity index (χ1) is 7.93. The highest BCUT2D eigenvalue weighted by molar-refractivity contribution is 6.35. The Balaban J connectivity index is 2.83. The number of benzene rings is 1. The first-order valence-electron chi connectivity index (χ1n) is 4.72. The maximum absolute atomic E-state index is 12.6. The highest BCUT2D eigenvalue weighted by atomic mass is 35.5. The van der Waals surface area contributed by atoms with E-state index in [-0.39, 0.29) is 10.5 Å². The minimum absolute atomic E-state index is 0.0334. The van der Waals surface area contributed by atoms with Crippen LogP contribution in [0.2, 0.25) is 5.02 Å². The number of rotatable bonds is 1. The molecule has 0 atom stereocenters. The number of aromatic nitrogens is 1. The van der Waals surface area contributed by atoms with Crippen LogP contribution in [0.25, 0.3) is 17.0 Å². The zero-order valence-electron chi connectivity index (χ0n) is 8.55. The van der Waals surface area contributed by atoms with Gasteiger partial charge in [0, 0.05) is 10.9 Å². The molecule has 88 valence electrons. The van der Waals surface area contributed by atoms with E-state index in [0.29, 0.717) is 10.9 Å². The number of nitrogens with zero attached hydrogens (tertiary/aromatic N) is 1. The fourth-order valence-corrected chi connectivity index (χ4v) is 1.80. The first kappa shape index (κ1) is 11.9. The molecule has 5 heteroatoms. The van der Waals surface area contributed by atoms with Gasteiger partial charge in [0.25, 0.3) is 0 Å². The Hall–Kier alpha value is -1.55. The summed E-state index contributed by atoms with van der Waals surface area (Å²) in [6.45, 7) is 3.54. The summed E-state index contributed by atoms with van der Waals surface area (Å²) >= 11 is 5.82. The quantitative estimate of drug-likeness (QED) is 0.730. The third-order valence-electron chi connectivity index (χ3n) is 2.33. The average Bonchev–Trinajstić information content (AvgIpc) is 2.27. The van der Waals surface area contributed by atoms with Gasteiger partial charge in [-0.05, 0) is 6.07 Å². The number of hydrogen-bond donors (Lipinski definition) is 0. The molecule has 0 aliphatic carbocycles. The standard InChI is InChI=1S/C12H7ClF3N/c1-2-7-4-3-5-8-9(13)6-10(12(14,15)16)17-11(7)8/h2-6H,1H2. The Bertz CT molecular complexity index is 590. The molecule has 17 heavy (non-hydrogen) atoms. The van der Waals surface area contributed by atoms with E-state index in [9.17, 15) is 13.2 Å². The monoisotopic (exact) mass is 257 g/mol. The molecule has 1 heterocycles. The molecule has 0 radical (unpaired) electrons. The first-order valence-corrected chi connectivity index (χ1v) is 5.10. The van der Waals surface area contributed by atoms with Gasteiger partial charge in [-0.3, -0.25) is 0 Å². The lowest BCUT2D eigenvalue weighted by atomic mass is 10.1. The molecular weight excluding hydrogens is 251 g/mol. The van der Waals surface area contributed by atoms with E-state index in [2.05, 4.69) is 11.6 Å². The maximum atomic E-state index is 12.6. The second-order valence-electron chi connectivity index (χ2n) is 3.43. The lowest BCUT2D eigenvalue weighted by Gasteiger charge is -2.09. The maximum Gasteiger partial charge on any atom is 0.433 e. The molecule has 0 fully saturated rings. The van der Waals surface area contributed by atoms with Crippen LogP contribution in [0.5, 0.6) is 0 Å². The van der Waals surface area contributed by atoms with Crippen LogP contribution in [0.1, 0.15) is 11.3 Å². The summed E-state index contributed by atoms with van der Waals surface area (Å²) < 4.78 is 37.8. The lowest BCUT2D eigenvalue weighted by Crippen LogP contribution is -2.08. The molecule has 1 aromatic carbocycles. The molecule has 0 saturated heterocycles. The Morgan fingerprint density at radius 3 is 2.59 bits per heavy atom. The van der Waals surface area contributed by atoms with Crippen LogP contribution in [0.4, 0.5) is 13.2 Å². The summed E-state index contributed by atoms with van der Waals surface area (Å²) in [7, 11) is 0. The highest BCUT2D eigenvalue weighted by Crippen LogP contribution is 2.33. The SMILES string of the molecule is C=Cc1cccc2c(Cl)cc(C(F)(F)F)nc12. The van der Waals surface area contributed by atoms with Gasteiger partial charge >= 0.3 is 6.18 Å². The number of hydrogen-bond acceptors (Lipinski definition) is 1. The summed E-state index contributed by atoms with van der Waals surface area (Å²) in [5.74, 6) is 0. The lowest BCUT2D eigenvalue weighted by molar-refractivity contribution is -0.140. The number of pyridine rings is 1. The molecule has 0 aliphatic heterocycles. The number of para-hydroxylation sites is 1. The van der Waals surface area contributed by atoms with Crippen LogP contribution in [-0.2, 0) is 6.18 Å². The minimum atomic E-state index is -4.51. The van der Waals surface area contributed by atoms with Crippen LogP contribution in [0.3, 0.4) is 0 Å². The van der Waals surface area contributed by atoms with E-state index in [4.69, 9.17) is 11.6 Å². The van der Waals surface area contributed by atoms with Crippen molar-refractivity contribution in [1.29, 1.82) is 0 Å². The molecule has 2 rings (SSSR count). The summed E-state index contributed by atoms with van der Waals surface area (Å²) in [4.78, 5) is 3.60. The third kappa shape index (κ3) is 2.13. The van der Waals surface area contributed by atoms with E-state index >= 15 is 0 Å². The fourth-order valence-electron chi connectivity index (χ4n) is 1.54. The van der Waals surface area contributed by atoms with Crippen LogP contribution < -0.4 is 0 Å². The highest BCUT2D eigenvalue weighted by Gasteiger charge is 2.33. The summed E-state index contributed by atoms with van der Waals surface area (Å²) in [6.07, 6.45) is -3.06. The summed E-state index contributed by atoms with van der Waals surface area (Å²) in [5, 5.41) is 0.517. The van der Waals surface area contributed by atoms with E-state index in [1.807, 2.05) is 0 Å². The Morgan fingerprint density at radius 2 is 2.00 bits per heavy atom. The normalized spacial score (nSPS) is 11.8. The van der Waals surface area contributed by atoms with Crippen molar-refractivity contribution in [3.63, 3.8) is 0 Å². The molecule has 0 N–H and O–H groups in total. The van der Waals surface area contributed by atoms with Gasteiger partial charge in [0.2, 0.25) is 0 Å². The second kappa shape index (κ2) is 4.04. The minimum Gasteiger partial charge on any atom is -0.243 e. The Labute approximate surface area is 101 Å². The van der Waals surface area contributed by atoms with Crippen LogP contribution in [0, 0.1) is 0 Å². The predicted molar refractivity (Wildman–Crippen MR) is 61.8 cm³/mol. The molecule has 0 saturated carbocycles. The van der Waals surface area contributed by atoms with Crippen LogP contribution in [0.15, 0.2) is 30.8 Å². The van der Waals surface area contributed by atoms with Crippen molar-refractivity contribution in [1.82, 2.24) is 4.98 Å². The van der Waals surface area contributed by atoms with E-state index < -0.39 is 11.9 Å². The topological polar surface area (TPSA) is 12.9 Å². The summed E-state index contributed by atoms with van der Waals surface area (Å²) in [6, 6.07) is 5.79. The van der Waals surface area contributed by atoms with Crippen molar-refractivity contribution < 1.29 is 13.2 Å². The zero-order chi connectivity index (χ0) is 12.6. The van der Waals surface area contributed by atoms with Crippen molar-refractivity contribution in [3.8, 4) is 0 Å². The van der Waals surface area contributed by atoms with Crippen molar-refractivity contribution in [2.45, 2.75) is 6.18 Å². The average molecular weight is 258 g/mol. The van der Waals surface area contributed by atoms with Gasteiger partial charge < -0.3 is 0 Å². The molecule has 0 spiro atoms. The fraction of sp³-hybridized carbons (Fsp3) is 0.0833. The van der Waals surface area contributed by atoms with Gasteiger partial charge in [0.05, 0.1) is 10.5 Å². The van der Waals surface area contributed by atoms with E-state index in [1.165, 1.54) is 6.08 Å². The summed E-state index contributed by atoms with van der Waals surface area (Å²) in [5.41, 5.74) is -0.262. The zero-order valence-corrected chi connectivity index (χ0v) is 9.31. The molecular formula is C12H7ClF3N. The Kier molecular flexibility index (Phi) is 2.83. The van der Waals surface area contributed by atoms with Gasteiger partial charge in [-0.1, -0.05) is 42.5 Å². The smallest absolute Gasteiger partial charge is 0.243 e. The van der Waals surface area contributed by atoms with Gasteiger partial charge in [-0.15, -0.1) is 0 Å². The van der Waals surface area contributed by atoms with Gasteiger partial charge in [-0.25, -0.2) is 4.98 Å². The van der Waals surface area contributed by atoms with Gasteiger partial charge in [0.1, 0.15) is 5.69 Å². The molecule has 1 aromatic heterocycles. The second-order valence-corrected chi connectivity index (χ2v) is 3.84. The van der Waals surface area contributed by atoms with Gasteiger partial charge in [-0.2, -0.15) is 13.2 Å². The molecule has 1 nitrogen and oxygen atoms in total. The van der Waals surface area contributed by atoms with Crippen molar-refractivity contribution in [2.75, 3.05) is 0 Å². The predicted octanol–water partition coefficient (Wildman–Crippen LogP) is 4.55.